The number of nitrogens with one attached hydrogen (secondary N) is 2. The highest BCUT2D eigenvalue weighted by Gasteiger charge is 2.15. The molecule has 1 aromatic heterocycles. The Kier molecular flexibility index (Phi) is 3.93. The first-order chi connectivity index (χ1) is 12.2. The van der Waals surface area contributed by atoms with Gasteiger partial charge in [0.05, 0.1) is 17.9 Å². The zero-order valence-electron chi connectivity index (χ0n) is 14.0. The van der Waals surface area contributed by atoms with Crippen LogP contribution in [0.5, 0.6) is 0 Å². The monoisotopic (exact) mass is 333 g/mol. The molecule has 0 radical (unpaired) electrons. The lowest BCUT2D eigenvalue weighted by Crippen LogP contribution is -2.19. The van der Waals surface area contributed by atoms with Crippen LogP contribution in [0.2, 0.25) is 0 Å². The molecule has 1 aliphatic rings. The summed E-state index contributed by atoms with van der Waals surface area (Å²) >= 11 is 0. The Bertz CT molecular complexity index is 917. The van der Waals surface area contributed by atoms with Gasteiger partial charge in [0.2, 0.25) is 5.91 Å². The van der Waals surface area contributed by atoms with Gasteiger partial charge in [-0.3, -0.25) is 4.79 Å². The minimum absolute atomic E-state index is 0.0753. The largest absolute Gasteiger partial charge is 0.379 e. The second-order valence-corrected chi connectivity index (χ2v) is 6.13. The number of carbonyl (C=O) groups excluding carboxylic acids is 1. The van der Waals surface area contributed by atoms with Gasteiger partial charge in [-0.05, 0) is 43.2 Å². The molecule has 0 unspecified atom stereocenters. The van der Waals surface area contributed by atoms with Crippen molar-refractivity contribution < 1.29 is 4.79 Å². The van der Waals surface area contributed by atoms with E-state index in [1.807, 2.05) is 49.4 Å². The Labute approximate surface area is 145 Å². The highest BCUT2D eigenvalue weighted by molar-refractivity contribution is 5.94. The van der Waals surface area contributed by atoms with Crippen LogP contribution in [-0.2, 0) is 17.8 Å². The number of anilines is 2. The predicted molar refractivity (Wildman–Crippen MR) is 96.8 cm³/mol. The molecule has 25 heavy (non-hydrogen) atoms. The molecule has 0 atom stereocenters. The van der Waals surface area contributed by atoms with Crippen molar-refractivity contribution in [2.24, 2.45) is 0 Å². The Morgan fingerprint density at radius 1 is 1.12 bits per heavy atom. The first kappa shape index (κ1) is 15.4. The quantitative estimate of drug-likeness (QED) is 0.770. The molecule has 0 fully saturated rings. The number of fused-ring (bicyclic) bond motifs is 1. The molecule has 2 N–H and O–H groups in total. The molecule has 2 aromatic carbocycles. The third kappa shape index (κ3) is 3.24. The van der Waals surface area contributed by atoms with Crippen molar-refractivity contribution in [1.82, 2.24) is 15.0 Å². The molecule has 6 heteroatoms. The summed E-state index contributed by atoms with van der Waals surface area (Å²) in [6.07, 6.45) is 1.35. The lowest BCUT2D eigenvalue weighted by molar-refractivity contribution is -0.116. The van der Waals surface area contributed by atoms with Gasteiger partial charge in [-0.25, -0.2) is 0 Å². The van der Waals surface area contributed by atoms with Gasteiger partial charge >= 0.3 is 0 Å². The summed E-state index contributed by atoms with van der Waals surface area (Å²) < 4.78 is 0. The molecule has 0 bridgehead atoms. The molecule has 1 amide bonds. The molecular formula is C19H19N5O. The lowest BCUT2D eigenvalue weighted by Gasteiger charge is -2.18. The van der Waals surface area contributed by atoms with E-state index in [0.29, 0.717) is 13.0 Å². The Hall–Kier alpha value is -3.15. The van der Waals surface area contributed by atoms with Crippen LogP contribution in [0.25, 0.3) is 5.69 Å². The third-order valence-corrected chi connectivity index (χ3v) is 4.33. The van der Waals surface area contributed by atoms with Gasteiger partial charge in [-0.1, -0.05) is 24.3 Å². The molecule has 0 spiro atoms. The fourth-order valence-electron chi connectivity index (χ4n) is 2.92. The lowest BCUT2D eigenvalue weighted by atomic mass is 10.0. The van der Waals surface area contributed by atoms with Crippen LogP contribution >= 0.6 is 0 Å². The summed E-state index contributed by atoms with van der Waals surface area (Å²) in [6.45, 7) is 2.53. The number of amides is 1. The third-order valence-electron chi connectivity index (χ3n) is 4.33. The zero-order chi connectivity index (χ0) is 17.2. The van der Waals surface area contributed by atoms with Gasteiger partial charge in [0.1, 0.15) is 5.69 Å². The second-order valence-electron chi connectivity index (χ2n) is 6.13. The van der Waals surface area contributed by atoms with Gasteiger partial charge < -0.3 is 10.6 Å². The number of hydrogen-bond acceptors (Lipinski definition) is 4. The van der Waals surface area contributed by atoms with Gasteiger partial charge in [0.15, 0.2) is 0 Å². The molecular weight excluding hydrogens is 314 g/mol. The maximum atomic E-state index is 11.5. The number of benzene rings is 2. The van der Waals surface area contributed by atoms with Crippen molar-refractivity contribution in [3.8, 4) is 5.69 Å². The minimum atomic E-state index is 0.0753. The van der Waals surface area contributed by atoms with E-state index >= 15 is 0 Å². The van der Waals surface area contributed by atoms with E-state index in [1.54, 1.807) is 4.80 Å². The van der Waals surface area contributed by atoms with Crippen LogP contribution in [0, 0.1) is 6.92 Å². The van der Waals surface area contributed by atoms with Gasteiger partial charge in [-0.15, -0.1) is 0 Å². The van der Waals surface area contributed by atoms with E-state index < -0.39 is 0 Å². The summed E-state index contributed by atoms with van der Waals surface area (Å²) in [4.78, 5) is 13.2. The van der Waals surface area contributed by atoms with Crippen LogP contribution in [0.15, 0.2) is 48.5 Å². The Balaban J connectivity index is 1.49. The number of carbonyl (C=O) groups is 1. The first-order valence-corrected chi connectivity index (χ1v) is 8.34. The number of hydrogen-bond donors (Lipinski definition) is 2. The summed E-state index contributed by atoms with van der Waals surface area (Å²) in [5.74, 6) is 0.0753. The maximum Gasteiger partial charge on any atom is 0.224 e. The topological polar surface area (TPSA) is 71.8 Å². The van der Waals surface area contributed by atoms with E-state index in [1.165, 1.54) is 5.56 Å². The predicted octanol–water partition coefficient (Wildman–Crippen LogP) is 3.07. The van der Waals surface area contributed by atoms with E-state index in [0.717, 1.165) is 34.9 Å². The Morgan fingerprint density at radius 3 is 2.80 bits per heavy atom. The van der Waals surface area contributed by atoms with Gasteiger partial charge in [0, 0.05) is 17.8 Å². The fourth-order valence-corrected chi connectivity index (χ4v) is 2.92. The number of aromatic nitrogens is 3. The normalized spacial score (nSPS) is 13.2. The van der Waals surface area contributed by atoms with E-state index in [2.05, 4.69) is 26.9 Å². The molecule has 0 saturated carbocycles. The molecule has 1 aliphatic heterocycles. The smallest absolute Gasteiger partial charge is 0.224 e. The summed E-state index contributed by atoms with van der Waals surface area (Å²) in [6, 6.07) is 15.9. The average Bonchev–Trinajstić information content (AvgIpc) is 3.01. The number of aryl methyl sites for hydroxylation is 2. The van der Waals surface area contributed by atoms with Crippen LogP contribution in [0.1, 0.15) is 23.4 Å². The van der Waals surface area contributed by atoms with Crippen LogP contribution in [0.3, 0.4) is 0 Å². The fraction of sp³-hybridized carbons (Fsp3) is 0.211. The van der Waals surface area contributed by atoms with E-state index in [9.17, 15) is 4.79 Å². The molecule has 4 rings (SSSR count). The highest BCUT2D eigenvalue weighted by atomic mass is 16.1. The Morgan fingerprint density at radius 2 is 1.96 bits per heavy atom. The number of nitrogens with zero attached hydrogens (tertiary/aromatic N) is 3. The van der Waals surface area contributed by atoms with Crippen molar-refractivity contribution in [3.05, 3.63) is 65.5 Å². The molecule has 126 valence electrons. The minimum Gasteiger partial charge on any atom is -0.379 e. The van der Waals surface area contributed by atoms with E-state index in [-0.39, 0.29) is 5.91 Å². The molecule has 0 aliphatic carbocycles. The maximum absolute atomic E-state index is 11.5. The van der Waals surface area contributed by atoms with Crippen LogP contribution in [0.4, 0.5) is 11.4 Å². The van der Waals surface area contributed by atoms with Crippen molar-refractivity contribution >= 4 is 17.3 Å². The molecule has 0 saturated heterocycles. The van der Waals surface area contributed by atoms with Crippen molar-refractivity contribution in [2.75, 3.05) is 10.6 Å². The molecule has 2 heterocycles. The summed E-state index contributed by atoms with van der Waals surface area (Å²) in [7, 11) is 0. The van der Waals surface area contributed by atoms with Gasteiger partial charge in [0.25, 0.3) is 0 Å². The van der Waals surface area contributed by atoms with E-state index in [4.69, 9.17) is 0 Å². The van der Waals surface area contributed by atoms with Crippen molar-refractivity contribution in [2.45, 2.75) is 26.3 Å². The summed E-state index contributed by atoms with van der Waals surface area (Å²) in [5, 5.41) is 15.3. The van der Waals surface area contributed by atoms with Crippen LogP contribution < -0.4 is 10.6 Å². The van der Waals surface area contributed by atoms with Crippen LogP contribution in [-0.4, -0.2) is 20.9 Å². The van der Waals surface area contributed by atoms with Gasteiger partial charge in [-0.2, -0.15) is 15.0 Å². The van der Waals surface area contributed by atoms with Crippen molar-refractivity contribution in [1.29, 1.82) is 0 Å². The number of rotatable bonds is 4. The second kappa shape index (κ2) is 6.39. The number of para-hydroxylation sites is 1. The standard InChI is InChI=1S/C19H19N5O/c1-13-18(23-24(22-13)16-5-3-2-4-6-16)12-20-15-9-7-14-8-10-19(25)21-17(14)11-15/h2-7,9,11,20H,8,10,12H2,1H3,(H,21,25). The van der Waals surface area contributed by atoms with Crippen molar-refractivity contribution in [3.63, 3.8) is 0 Å². The highest BCUT2D eigenvalue weighted by Crippen LogP contribution is 2.26. The SMILES string of the molecule is Cc1nn(-c2ccccc2)nc1CNc1ccc2c(c1)NC(=O)CC2. The molecule has 6 nitrogen and oxygen atoms in total. The summed E-state index contributed by atoms with van der Waals surface area (Å²) in [5.41, 5.74) is 5.75. The molecule has 3 aromatic rings. The average molecular weight is 333 g/mol. The zero-order valence-corrected chi connectivity index (χ0v) is 14.0. The first-order valence-electron chi connectivity index (χ1n) is 8.34.